The van der Waals surface area contributed by atoms with Gasteiger partial charge in [-0.15, -0.1) is 0 Å². The lowest BCUT2D eigenvalue weighted by molar-refractivity contribution is -0.137. The third-order valence-electron chi connectivity index (χ3n) is 3.48. The van der Waals surface area contributed by atoms with Crippen molar-refractivity contribution in [1.82, 2.24) is 9.78 Å². The molecule has 1 aliphatic carbocycles. The molecule has 2 aromatic rings. The molecule has 1 aromatic heterocycles. The number of aryl methyl sites for hydroxylation is 1. The minimum Gasteiger partial charge on any atom is -0.501 e. The highest BCUT2D eigenvalue weighted by atomic mass is 127. The molecule has 0 aliphatic heterocycles. The Bertz CT molecular complexity index is 784. The molecule has 1 aromatic carbocycles. The topological polar surface area (TPSA) is 31.4 Å². The molecule has 8 heteroatoms. The van der Waals surface area contributed by atoms with Gasteiger partial charge in [-0.1, -0.05) is 6.07 Å². The molecular weight excluding hydrogens is 422 g/mol. The van der Waals surface area contributed by atoms with E-state index in [0.717, 1.165) is 25.0 Å². The van der Waals surface area contributed by atoms with Crippen LogP contribution in [-0.4, -0.2) is 15.9 Å². The van der Waals surface area contributed by atoms with Gasteiger partial charge in [0.2, 0.25) is 5.69 Å². The number of halogens is 4. The van der Waals surface area contributed by atoms with E-state index >= 15 is 0 Å². The van der Waals surface area contributed by atoms with Crippen molar-refractivity contribution in [2.24, 2.45) is 7.05 Å². The lowest BCUT2D eigenvalue weighted by Crippen LogP contribution is -2.07. The Kier molecular flexibility index (Phi) is 4.00. The van der Waals surface area contributed by atoms with Gasteiger partial charge in [-0.2, -0.15) is 18.3 Å². The Morgan fingerprint density at radius 1 is 1.39 bits per heavy atom. The molecule has 120 valence electrons. The Morgan fingerprint density at radius 2 is 2.09 bits per heavy atom. The van der Waals surface area contributed by atoms with Crippen LogP contribution in [0.1, 0.15) is 18.4 Å². The molecule has 0 saturated heterocycles. The van der Waals surface area contributed by atoms with E-state index in [9.17, 15) is 13.2 Å². The fraction of sp³-hybridized carbons (Fsp3) is 0.333. The molecule has 1 heterocycles. The molecular formula is C15H11F3IN3O. The SMILES string of the molecule is [C-]#[N+]c1c(OC2CC2)cc(C(F)(F)F)cc1-c1c(I)cnn1C. The first kappa shape index (κ1) is 16.1. The van der Waals surface area contributed by atoms with Crippen molar-refractivity contribution < 1.29 is 17.9 Å². The fourth-order valence-electron chi connectivity index (χ4n) is 2.24. The largest absolute Gasteiger partial charge is 0.501 e. The number of aromatic nitrogens is 2. The zero-order chi connectivity index (χ0) is 16.8. The predicted molar refractivity (Wildman–Crippen MR) is 86.3 cm³/mol. The summed E-state index contributed by atoms with van der Waals surface area (Å²) in [5, 5.41) is 4.05. The summed E-state index contributed by atoms with van der Waals surface area (Å²) in [4.78, 5) is 3.43. The van der Waals surface area contributed by atoms with Crippen molar-refractivity contribution >= 4 is 28.3 Å². The van der Waals surface area contributed by atoms with E-state index in [4.69, 9.17) is 11.3 Å². The van der Waals surface area contributed by atoms with E-state index in [2.05, 4.69) is 9.94 Å². The van der Waals surface area contributed by atoms with Gasteiger partial charge in [-0.3, -0.25) is 4.68 Å². The molecule has 0 bridgehead atoms. The van der Waals surface area contributed by atoms with Gasteiger partial charge in [0.1, 0.15) is 5.75 Å². The molecule has 23 heavy (non-hydrogen) atoms. The molecule has 1 aliphatic rings. The summed E-state index contributed by atoms with van der Waals surface area (Å²) < 4.78 is 47.4. The number of hydrogen-bond acceptors (Lipinski definition) is 2. The van der Waals surface area contributed by atoms with Crippen LogP contribution in [0, 0.1) is 10.1 Å². The van der Waals surface area contributed by atoms with E-state index < -0.39 is 11.7 Å². The molecule has 0 amide bonds. The molecule has 0 unspecified atom stereocenters. The van der Waals surface area contributed by atoms with E-state index in [1.54, 1.807) is 13.2 Å². The van der Waals surface area contributed by atoms with Crippen LogP contribution in [0.25, 0.3) is 16.1 Å². The van der Waals surface area contributed by atoms with E-state index in [-0.39, 0.29) is 23.1 Å². The van der Waals surface area contributed by atoms with E-state index in [1.165, 1.54) is 4.68 Å². The van der Waals surface area contributed by atoms with Gasteiger partial charge in [0, 0.05) is 12.6 Å². The zero-order valence-electron chi connectivity index (χ0n) is 12.0. The monoisotopic (exact) mass is 433 g/mol. The van der Waals surface area contributed by atoms with Gasteiger partial charge in [-0.05, 0) is 41.5 Å². The molecule has 0 radical (unpaired) electrons. The fourth-order valence-corrected chi connectivity index (χ4v) is 3.00. The van der Waals surface area contributed by atoms with E-state index in [1.807, 2.05) is 22.6 Å². The van der Waals surface area contributed by atoms with Gasteiger partial charge in [-0.25, -0.2) is 4.85 Å². The van der Waals surface area contributed by atoms with Gasteiger partial charge in [0.05, 0.1) is 33.7 Å². The van der Waals surface area contributed by atoms with Crippen molar-refractivity contribution in [3.63, 3.8) is 0 Å². The van der Waals surface area contributed by atoms with Crippen molar-refractivity contribution in [2.75, 3.05) is 0 Å². The number of hydrogen-bond donors (Lipinski definition) is 0. The molecule has 1 fully saturated rings. The van der Waals surface area contributed by atoms with E-state index in [0.29, 0.717) is 9.26 Å². The second-order valence-corrected chi connectivity index (χ2v) is 6.42. The summed E-state index contributed by atoms with van der Waals surface area (Å²) in [7, 11) is 1.63. The maximum absolute atomic E-state index is 13.2. The van der Waals surface area contributed by atoms with Crippen LogP contribution >= 0.6 is 22.6 Å². The molecule has 0 atom stereocenters. The molecule has 1 saturated carbocycles. The van der Waals surface area contributed by atoms with Crippen LogP contribution in [0.3, 0.4) is 0 Å². The second kappa shape index (κ2) is 5.70. The Labute approximate surface area is 144 Å². The van der Waals surface area contributed by atoms with Crippen LogP contribution < -0.4 is 4.74 Å². The van der Waals surface area contributed by atoms with Crippen LogP contribution in [-0.2, 0) is 13.2 Å². The maximum Gasteiger partial charge on any atom is 0.416 e. The summed E-state index contributed by atoms with van der Waals surface area (Å²) in [5.41, 5.74) is -0.0720. The number of rotatable bonds is 3. The zero-order valence-corrected chi connectivity index (χ0v) is 14.1. The van der Waals surface area contributed by atoms with Crippen molar-refractivity contribution in [3.8, 4) is 17.0 Å². The number of ether oxygens (including phenoxy) is 1. The van der Waals surface area contributed by atoms with Crippen LogP contribution in [0.2, 0.25) is 0 Å². The first-order valence-electron chi connectivity index (χ1n) is 6.78. The Hall–Kier alpha value is -1.76. The average molecular weight is 433 g/mol. The van der Waals surface area contributed by atoms with Crippen LogP contribution in [0.5, 0.6) is 5.75 Å². The summed E-state index contributed by atoms with van der Waals surface area (Å²) >= 11 is 1.99. The summed E-state index contributed by atoms with van der Waals surface area (Å²) in [5.74, 6) is -0.00988. The highest BCUT2D eigenvalue weighted by Gasteiger charge is 2.35. The Morgan fingerprint density at radius 3 is 2.57 bits per heavy atom. The van der Waals surface area contributed by atoms with Gasteiger partial charge < -0.3 is 4.74 Å². The lowest BCUT2D eigenvalue weighted by atomic mass is 10.0. The normalized spacial score (nSPS) is 14.6. The molecule has 0 spiro atoms. The second-order valence-electron chi connectivity index (χ2n) is 5.26. The van der Waals surface area contributed by atoms with Gasteiger partial charge in [0.15, 0.2) is 0 Å². The van der Waals surface area contributed by atoms with Crippen LogP contribution in [0.4, 0.5) is 18.9 Å². The Balaban J connectivity index is 2.26. The number of benzene rings is 1. The maximum atomic E-state index is 13.2. The summed E-state index contributed by atoms with van der Waals surface area (Å²) in [6, 6.07) is 1.91. The van der Waals surface area contributed by atoms with Gasteiger partial charge in [0.25, 0.3) is 0 Å². The first-order valence-corrected chi connectivity index (χ1v) is 7.86. The standard InChI is InChI=1S/C15H11F3IN3O/c1-20-13-10(14-11(19)7-21-22(14)2)5-8(15(16,17)18)6-12(13)23-9-3-4-9/h5-7,9H,3-4H2,2H3. The van der Waals surface area contributed by atoms with Crippen molar-refractivity contribution in [1.29, 1.82) is 0 Å². The highest BCUT2D eigenvalue weighted by Crippen LogP contribution is 2.46. The minimum atomic E-state index is -4.51. The quantitative estimate of drug-likeness (QED) is 0.515. The molecule has 4 nitrogen and oxygen atoms in total. The highest BCUT2D eigenvalue weighted by molar-refractivity contribution is 14.1. The molecule has 3 rings (SSSR count). The third-order valence-corrected chi connectivity index (χ3v) is 4.27. The minimum absolute atomic E-state index is 0.00988. The van der Waals surface area contributed by atoms with Crippen molar-refractivity contribution in [2.45, 2.75) is 25.1 Å². The van der Waals surface area contributed by atoms with Crippen molar-refractivity contribution in [3.05, 3.63) is 38.9 Å². The third kappa shape index (κ3) is 3.15. The first-order chi connectivity index (χ1) is 10.8. The predicted octanol–water partition coefficient (Wildman–Crippen LogP) is 4.80. The summed E-state index contributed by atoms with van der Waals surface area (Å²) in [6.45, 7) is 7.39. The number of nitrogens with zero attached hydrogens (tertiary/aromatic N) is 3. The summed E-state index contributed by atoms with van der Waals surface area (Å²) in [6.07, 6.45) is -1.47. The average Bonchev–Trinajstić information content (AvgIpc) is 3.22. The smallest absolute Gasteiger partial charge is 0.416 e. The van der Waals surface area contributed by atoms with Crippen LogP contribution in [0.15, 0.2) is 18.3 Å². The lowest BCUT2D eigenvalue weighted by Gasteiger charge is -2.16. The number of alkyl halides is 3. The van der Waals surface area contributed by atoms with Gasteiger partial charge >= 0.3 is 6.18 Å². The molecule has 0 N–H and O–H groups in total.